The Hall–Kier alpha value is -0.900. The van der Waals surface area contributed by atoms with Crippen molar-refractivity contribution < 1.29 is 9.53 Å². The zero-order chi connectivity index (χ0) is 7.40. The maximum absolute atomic E-state index is 10.0. The molecule has 0 amide bonds. The van der Waals surface area contributed by atoms with Crippen molar-refractivity contribution in [2.24, 2.45) is 0 Å². The number of ether oxygens (including phenoxy) is 1. The molecule has 4 heteroatoms. The lowest BCUT2D eigenvalue weighted by molar-refractivity contribution is -0.107. The number of aldehydes is 1. The van der Waals surface area contributed by atoms with E-state index in [4.69, 9.17) is 4.74 Å². The van der Waals surface area contributed by atoms with Crippen LogP contribution in [0, 0.1) is 0 Å². The van der Waals surface area contributed by atoms with E-state index in [0.29, 0.717) is 11.6 Å². The Kier molecular flexibility index (Phi) is 2.39. The molecule has 1 heterocycles. The second kappa shape index (κ2) is 3.31. The minimum absolute atomic E-state index is 0.432. The van der Waals surface area contributed by atoms with Crippen molar-refractivity contribution in [1.29, 1.82) is 0 Å². The van der Waals surface area contributed by atoms with Crippen LogP contribution in [-0.2, 0) is 11.2 Å². The molecule has 0 saturated carbocycles. The minimum Gasteiger partial charge on any atom is -0.473 e. The molecule has 3 nitrogen and oxygen atoms in total. The molecule has 1 rings (SSSR count). The fourth-order valence-corrected chi connectivity index (χ4v) is 1.23. The Bertz CT molecular complexity index is 221. The largest absolute Gasteiger partial charge is 0.473 e. The first kappa shape index (κ1) is 7.21. The third-order valence-electron chi connectivity index (χ3n) is 0.991. The van der Waals surface area contributed by atoms with E-state index in [1.165, 1.54) is 11.3 Å². The van der Waals surface area contributed by atoms with Gasteiger partial charge in [-0.25, -0.2) is 4.98 Å². The van der Waals surface area contributed by atoms with Gasteiger partial charge < -0.3 is 9.53 Å². The highest BCUT2D eigenvalue weighted by Gasteiger charge is 1.98. The molecule has 0 unspecified atom stereocenters. The van der Waals surface area contributed by atoms with Gasteiger partial charge in [0.05, 0.1) is 7.11 Å². The second-order valence-electron chi connectivity index (χ2n) is 1.67. The first-order valence-corrected chi connectivity index (χ1v) is 3.61. The van der Waals surface area contributed by atoms with Crippen LogP contribution in [-0.4, -0.2) is 18.4 Å². The van der Waals surface area contributed by atoms with E-state index in [2.05, 4.69) is 4.98 Å². The van der Waals surface area contributed by atoms with Crippen LogP contribution < -0.4 is 4.74 Å². The van der Waals surface area contributed by atoms with Gasteiger partial charge in [0, 0.05) is 17.5 Å². The number of hydrogen-bond donors (Lipinski definition) is 0. The molecule has 0 atom stereocenters. The van der Waals surface area contributed by atoms with Crippen LogP contribution in [0.1, 0.15) is 4.88 Å². The van der Waals surface area contributed by atoms with E-state index in [1.54, 1.807) is 13.3 Å². The number of hydrogen-bond acceptors (Lipinski definition) is 4. The normalized spacial score (nSPS) is 9.30. The molecule has 0 aliphatic heterocycles. The van der Waals surface area contributed by atoms with E-state index >= 15 is 0 Å². The summed E-state index contributed by atoms with van der Waals surface area (Å²) in [7, 11) is 1.56. The van der Waals surface area contributed by atoms with Crippen LogP contribution in [0.25, 0.3) is 0 Å². The highest BCUT2D eigenvalue weighted by Crippen LogP contribution is 2.19. The molecule has 1 aromatic heterocycles. The predicted molar refractivity (Wildman–Crippen MR) is 38.4 cm³/mol. The molecular weight excluding hydrogens is 150 g/mol. The van der Waals surface area contributed by atoms with E-state index in [1.807, 2.05) is 0 Å². The van der Waals surface area contributed by atoms with Crippen LogP contribution >= 0.6 is 11.3 Å². The maximum Gasteiger partial charge on any atom is 0.273 e. The van der Waals surface area contributed by atoms with Gasteiger partial charge in [0.25, 0.3) is 5.19 Å². The Morgan fingerprint density at radius 3 is 3.20 bits per heavy atom. The lowest BCUT2D eigenvalue weighted by atomic mass is 10.4. The molecule has 0 N–H and O–H groups in total. The van der Waals surface area contributed by atoms with Gasteiger partial charge in [0.15, 0.2) is 0 Å². The van der Waals surface area contributed by atoms with Crippen molar-refractivity contribution in [1.82, 2.24) is 4.98 Å². The molecule has 0 aliphatic rings. The zero-order valence-corrected chi connectivity index (χ0v) is 6.35. The molecule has 0 fully saturated rings. The van der Waals surface area contributed by atoms with Crippen LogP contribution in [0.5, 0.6) is 5.19 Å². The molecule has 0 spiro atoms. The number of carbonyl (C=O) groups excluding carboxylic acids is 1. The van der Waals surface area contributed by atoms with Gasteiger partial charge in [0.1, 0.15) is 6.29 Å². The van der Waals surface area contributed by atoms with E-state index in [0.717, 1.165) is 11.2 Å². The van der Waals surface area contributed by atoms with Crippen molar-refractivity contribution in [3.63, 3.8) is 0 Å². The molecule has 10 heavy (non-hydrogen) atoms. The maximum atomic E-state index is 10.0. The second-order valence-corrected chi connectivity index (χ2v) is 2.75. The average Bonchev–Trinajstić information content (AvgIpc) is 2.37. The van der Waals surface area contributed by atoms with Crippen molar-refractivity contribution >= 4 is 17.6 Å². The number of carbonyl (C=O) groups is 1. The number of nitrogens with zero attached hydrogens (tertiary/aromatic N) is 1. The summed E-state index contributed by atoms with van der Waals surface area (Å²) in [6.07, 6.45) is 2.94. The van der Waals surface area contributed by atoms with Crippen LogP contribution in [0.4, 0.5) is 0 Å². The summed E-state index contributed by atoms with van der Waals surface area (Å²) >= 11 is 1.39. The summed E-state index contributed by atoms with van der Waals surface area (Å²) in [6.45, 7) is 0. The molecule has 0 aromatic carbocycles. The number of rotatable bonds is 3. The third-order valence-corrected chi connectivity index (χ3v) is 1.97. The third kappa shape index (κ3) is 1.54. The lowest BCUT2D eigenvalue weighted by Crippen LogP contribution is -1.77. The predicted octanol–water partition coefficient (Wildman–Crippen LogP) is 0.893. The lowest BCUT2D eigenvalue weighted by Gasteiger charge is -1.85. The smallest absolute Gasteiger partial charge is 0.273 e. The molecule has 1 aromatic rings. The van der Waals surface area contributed by atoms with Crippen molar-refractivity contribution in [3.05, 3.63) is 11.1 Å². The summed E-state index contributed by atoms with van der Waals surface area (Å²) in [5.74, 6) is 0. The van der Waals surface area contributed by atoms with Gasteiger partial charge in [-0.1, -0.05) is 11.3 Å². The monoisotopic (exact) mass is 157 g/mol. The van der Waals surface area contributed by atoms with Crippen molar-refractivity contribution in [2.75, 3.05) is 7.11 Å². The minimum atomic E-state index is 0.432. The number of aromatic nitrogens is 1. The first-order valence-electron chi connectivity index (χ1n) is 2.79. The fraction of sp³-hybridized carbons (Fsp3) is 0.333. The van der Waals surface area contributed by atoms with Crippen molar-refractivity contribution in [3.8, 4) is 5.19 Å². The quantitative estimate of drug-likeness (QED) is 0.612. The van der Waals surface area contributed by atoms with Gasteiger partial charge in [-0.3, -0.25) is 0 Å². The van der Waals surface area contributed by atoms with Gasteiger partial charge in [0.2, 0.25) is 0 Å². The van der Waals surface area contributed by atoms with Gasteiger partial charge in [-0.05, 0) is 0 Å². The van der Waals surface area contributed by atoms with E-state index in [9.17, 15) is 4.79 Å². The topological polar surface area (TPSA) is 39.2 Å². The molecule has 0 aliphatic carbocycles. The number of methoxy groups -OCH3 is 1. The van der Waals surface area contributed by atoms with Crippen LogP contribution in [0.15, 0.2) is 6.20 Å². The van der Waals surface area contributed by atoms with E-state index < -0.39 is 0 Å². The summed E-state index contributed by atoms with van der Waals surface area (Å²) in [5.41, 5.74) is 0. The van der Waals surface area contributed by atoms with Gasteiger partial charge in [-0.2, -0.15) is 0 Å². The van der Waals surface area contributed by atoms with Crippen LogP contribution in [0.2, 0.25) is 0 Å². The Labute approximate surface area is 62.7 Å². The fourth-order valence-electron chi connectivity index (χ4n) is 0.560. The van der Waals surface area contributed by atoms with Gasteiger partial charge >= 0.3 is 0 Å². The number of thiazole rings is 1. The molecule has 54 valence electrons. The van der Waals surface area contributed by atoms with E-state index in [-0.39, 0.29) is 0 Å². The summed E-state index contributed by atoms with van der Waals surface area (Å²) < 4.78 is 4.83. The van der Waals surface area contributed by atoms with Crippen LogP contribution in [0.3, 0.4) is 0 Å². The average molecular weight is 157 g/mol. The summed E-state index contributed by atoms with van der Waals surface area (Å²) in [5, 5.41) is 0.608. The first-order chi connectivity index (χ1) is 4.86. The highest BCUT2D eigenvalue weighted by atomic mass is 32.1. The van der Waals surface area contributed by atoms with Crippen molar-refractivity contribution in [2.45, 2.75) is 6.42 Å². The summed E-state index contributed by atoms with van der Waals surface area (Å²) in [4.78, 5) is 14.8. The molecular formula is C6H7NO2S. The SMILES string of the molecule is COc1ncc(CC=O)s1. The summed E-state index contributed by atoms with van der Waals surface area (Å²) in [6, 6.07) is 0. The standard InChI is InChI=1S/C6H7NO2S/c1-9-6-7-4-5(10-6)2-3-8/h3-4H,2H2,1H3. The van der Waals surface area contributed by atoms with Gasteiger partial charge in [-0.15, -0.1) is 0 Å². The Morgan fingerprint density at radius 1 is 1.90 bits per heavy atom. The Balaban J connectivity index is 2.67. The molecule has 0 radical (unpaired) electrons. The Morgan fingerprint density at radius 2 is 2.70 bits per heavy atom. The zero-order valence-electron chi connectivity index (χ0n) is 5.53. The highest BCUT2D eigenvalue weighted by molar-refractivity contribution is 7.13. The molecule has 0 bridgehead atoms. The molecule has 0 saturated heterocycles.